The maximum Gasteiger partial charge on any atom is 0.279 e. The van der Waals surface area contributed by atoms with E-state index < -0.39 is 47.0 Å². The topological polar surface area (TPSA) is 119 Å². The van der Waals surface area contributed by atoms with Gasteiger partial charge >= 0.3 is 0 Å². The van der Waals surface area contributed by atoms with Crippen LogP contribution in [0.3, 0.4) is 0 Å². The Bertz CT molecular complexity index is 1050. The zero-order valence-corrected chi connectivity index (χ0v) is 17.6. The van der Waals surface area contributed by atoms with Crippen molar-refractivity contribution in [1.82, 2.24) is 9.80 Å². The first-order valence-electron chi connectivity index (χ1n) is 10.4. The van der Waals surface area contributed by atoms with Gasteiger partial charge in [-0.15, -0.1) is 0 Å². The first-order valence-corrected chi connectivity index (χ1v) is 10.4. The lowest BCUT2D eigenvalue weighted by Crippen LogP contribution is -2.72. The number of hydrogen-bond acceptors (Lipinski definition) is 6. The number of hydrogen-bond donors (Lipinski definition) is 3. The first kappa shape index (κ1) is 20.0. The number of anilines is 1. The molecule has 4 aliphatic rings. The molecule has 9 heteroatoms. The third-order valence-corrected chi connectivity index (χ3v) is 7.06. The molecule has 3 saturated heterocycles. The molecule has 3 fully saturated rings. The minimum atomic E-state index is -2.53. The Balaban J connectivity index is 1.78. The zero-order chi connectivity index (χ0) is 22.3. The minimum Gasteiger partial charge on any atom is -0.497 e. The number of allylic oxidation sites excluding steroid dienone is 1. The summed E-state index contributed by atoms with van der Waals surface area (Å²) in [4.78, 5) is 42.8. The number of ether oxygens (including phenoxy) is 1. The van der Waals surface area contributed by atoms with Gasteiger partial charge in [0.25, 0.3) is 5.91 Å². The second-order valence-electron chi connectivity index (χ2n) is 8.92. The Morgan fingerprint density at radius 1 is 1.29 bits per heavy atom. The summed E-state index contributed by atoms with van der Waals surface area (Å²) in [7, 11) is 1.50. The third-order valence-electron chi connectivity index (χ3n) is 7.06. The lowest BCUT2D eigenvalue weighted by atomic mass is 9.71. The van der Waals surface area contributed by atoms with E-state index in [0.717, 1.165) is 10.5 Å². The molecule has 5 atom stereocenters. The number of nitrogens with zero attached hydrogens (tertiary/aromatic N) is 2. The van der Waals surface area contributed by atoms with Gasteiger partial charge in [-0.25, -0.2) is 0 Å². The highest BCUT2D eigenvalue weighted by atomic mass is 16.5. The standard InChI is InChI=1S/C22H25N3O6/c1-11(2)9-16-21(13-7-6-12(31-3)10-14(13)23-19(21)28)18(27)22(30)20(29)24-8-4-5-15(24)17(26)25(16)22/h6-7,9-10,15-16,18,27,30H,4-5,8H2,1-3H3,(H,23,28)/t15?,16-,18-,21-,22-/m0/s1. The predicted molar refractivity (Wildman–Crippen MR) is 109 cm³/mol. The van der Waals surface area contributed by atoms with Crippen molar-refractivity contribution in [2.75, 3.05) is 19.0 Å². The number of carbonyl (C=O) groups is 3. The lowest BCUT2D eigenvalue weighted by molar-refractivity contribution is -0.206. The van der Waals surface area contributed by atoms with Crippen LogP contribution in [0.25, 0.3) is 0 Å². The van der Waals surface area contributed by atoms with Gasteiger partial charge in [-0.2, -0.15) is 0 Å². The summed E-state index contributed by atoms with van der Waals surface area (Å²) >= 11 is 0. The van der Waals surface area contributed by atoms with Gasteiger partial charge in [0.2, 0.25) is 17.5 Å². The second kappa shape index (κ2) is 6.30. The summed E-state index contributed by atoms with van der Waals surface area (Å²) in [5, 5.41) is 26.0. The van der Waals surface area contributed by atoms with E-state index in [4.69, 9.17) is 4.74 Å². The molecule has 1 aromatic carbocycles. The van der Waals surface area contributed by atoms with E-state index >= 15 is 0 Å². The number of benzene rings is 1. The quantitative estimate of drug-likeness (QED) is 0.577. The Labute approximate surface area is 179 Å². The number of aliphatic hydroxyl groups is 2. The van der Waals surface area contributed by atoms with Crippen molar-refractivity contribution in [2.24, 2.45) is 0 Å². The van der Waals surface area contributed by atoms with Gasteiger partial charge in [-0.05, 0) is 38.3 Å². The molecule has 164 valence electrons. The summed E-state index contributed by atoms with van der Waals surface area (Å²) in [5.74, 6) is -1.26. The number of aliphatic hydroxyl groups excluding tert-OH is 1. The molecule has 4 aliphatic heterocycles. The number of rotatable bonds is 2. The van der Waals surface area contributed by atoms with Crippen LogP contribution in [0.4, 0.5) is 5.69 Å². The fraction of sp³-hybridized carbons (Fsp3) is 0.500. The van der Waals surface area contributed by atoms with E-state index in [9.17, 15) is 24.6 Å². The highest BCUT2D eigenvalue weighted by Crippen LogP contribution is 2.56. The van der Waals surface area contributed by atoms with Gasteiger partial charge in [-0.1, -0.05) is 17.7 Å². The SMILES string of the molecule is COc1ccc2c(c1)NC(=O)[C@]21[C@H](C=C(C)C)N2C(=O)C3CCCN3C(=O)[C@@]2(O)[C@H]1O. The van der Waals surface area contributed by atoms with E-state index in [1.165, 1.54) is 12.0 Å². The highest BCUT2D eigenvalue weighted by molar-refractivity contribution is 6.12. The minimum absolute atomic E-state index is 0.332. The maximum atomic E-state index is 13.5. The molecule has 0 aliphatic carbocycles. The number of methoxy groups -OCH3 is 1. The van der Waals surface area contributed by atoms with Crippen molar-refractivity contribution in [1.29, 1.82) is 0 Å². The molecule has 3 N–H and O–H groups in total. The summed E-state index contributed by atoms with van der Waals surface area (Å²) < 4.78 is 5.24. The molecule has 1 unspecified atom stereocenters. The van der Waals surface area contributed by atoms with Crippen molar-refractivity contribution in [3.8, 4) is 5.75 Å². The second-order valence-corrected chi connectivity index (χ2v) is 8.92. The van der Waals surface area contributed by atoms with Crippen LogP contribution in [0.2, 0.25) is 0 Å². The third kappa shape index (κ3) is 2.20. The number of amides is 3. The molecular weight excluding hydrogens is 402 g/mol. The molecule has 0 radical (unpaired) electrons. The number of carbonyl (C=O) groups excluding carboxylic acids is 3. The number of piperazine rings is 1. The van der Waals surface area contributed by atoms with E-state index in [1.54, 1.807) is 38.1 Å². The number of nitrogens with one attached hydrogen (secondary N) is 1. The molecule has 1 aromatic rings. The van der Waals surface area contributed by atoms with Gasteiger partial charge < -0.3 is 25.2 Å². The van der Waals surface area contributed by atoms with Gasteiger partial charge in [-0.3, -0.25) is 19.3 Å². The van der Waals surface area contributed by atoms with Crippen molar-refractivity contribution < 1.29 is 29.3 Å². The Hall–Kier alpha value is -2.91. The van der Waals surface area contributed by atoms with Crippen LogP contribution in [-0.4, -0.2) is 75.3 Å². The van der Waals surface area contributed by atoms with Crippen LogP contribution < -0.4 is 10.1 Å². The van der Waals surface area contributed by atoms with Crippen molar-refractivity contribution in [3.63, 3.8) is 0 Å². The summed E-state index contributed by atoms with van der Waals surface area (Å²) in [5.41, 5.74) is -2.66. The summed E-state index contributed by atoms with van der Waals surface area (Å²) in [6.07, 6.45) is 0.953. The van der Waals surface area contributed by atoms with E-state index in [2.05, 4.69) is 5.32 Å². The van der Waals surface area contributed by atoms with Crippen LogP contribution in [0, 0.1) is 0 Å². The van der Waals surface area contributed by atoms with Crippen LogP contribution in [0.15, 0.2) is 29.8 Å². The van der Waals surface area contributed by atoms with Crippen molar-refractivity contribution in [2.45, 2.75) is 56.0 Å². The van der Waals surface area contributed by atoms with Gasteiger partial charge in [0, 0.05) is 18.3 Å². The Kier molecular flexibility index (Phi) is 4.07. The molecule has 5 rings (SSSR count). The molecule has 4 heterocycles. The molecule has 9 nitrogen and oxygen atoms in total. The average Bonchev–Trinajstić information content (AvgIpc) is 3.37. The molecule has 3 amide bonds. The zero-order valence-electron chi connectivity index (χ0n) is 17.6. The van der Waals surface area contributed by atoms with E-state index in [1.807, 2.05) is 0 Å². The van der Waals surface area contributed by atoms with E-state index in [0.29, 0.717) is 36.4 Å². The largest absolute Gasteiger partial charge is 0.497 e. The first-order chi connectivity index (χ1) is 14.7. The Morgan fingerprint density at radius 2 is 2.03 bits per heavy atom. The molecular formula is C22H25N3O6. The molecule has 31 heavy (non-hydrogen) atoms. The molecule has 0 aromatic heterocycles. The fourth-order valence-corrected chi connectivity index (χ4v) is 5.74. The van der Waals surface area contributed by atoms with Crippen LogP contribution in [0.1, 0.15) is 32.3 Å². The monoisotopic (exact) mass is 427 g/mol. The normalized spacial score (nSPS) is 35.8. The molecule has 0 bridgehead atoms. The predicted octanol–water partition coefficient (Wildman–Crippen LogP) is 0.116. The fourth-order valence-electron chi connectivity index (χ4n) is 5.74. The summed E-state index contributed by atoms with van der Waals surface area (Å²) in [6, 6.07) is 3.18. The van der Waals surface area contributed by atoms with Crippen LogP contribution in [-0.2, 0) is 19.8 Å². The highest BCUT2D eigenvalue weighted by Gasteiger charge is 2.78. The van der Waals surface area contributed by atoms with E-state index in [-0.39, 0.29) is 0 Å². The number of fused-ring (bicyclic) bond motifs is 4. The smallest absolute Gasteiger partial charge is 0.279 e. The van der Waals surface area contributed by atoms with Gasteiger partial charge in [0.05, 0.1) is 13.2 Å². The maximum absolute atomic E-state index is 13.5. The Morgan fingerprint density at radius 3 is 2.71 bits per heavy atom. The van der Waals surface area contributed by atoms with Gasteiger partial charge in [0.15, 0.2) is 0 Å². The van der Waals surface area contributed by atoms with Crippen LogP contribution in [0.5, 0.6) is 5.75 Å². The summed E-state index contributed by atoms with van der Waals surface area (Å²) in [6.45, 7) is 3.94. The molecule has 1 spiro atoms. The average molecular weight is 427 g/mol. The molecule has 0 saturated carbocycles. The van der Waals surface area contributed by atoms with Crippen molar-refractivity contribution >= 4 is 23.4 Å². The lowest BCUT2D eigenvalue weighted by Gasteiger charge is -2.45. The van der Waals surface area contributed by atoms with Gasteiger partial charge in [0.1, 0.15) is 23.3 Å². The van der Waals surface area contributed by atoms with Crippen LogP contribution >= 0.6 is 0 Å². The van der Waals surface area contributed by atoms with Crippen molar-refractivity contribution in [3.05, 3.63) is 35.4 Å².